The lowest BCUT2D eigenvalue weighted by Gasteiger charge is -2.16. The maximum Gasteiger partial charge on any atom is 0.101 e. The largest absolute Gasteiger partial charge is 0.469 e. The molecule has 0 spiro atoms. The fraction of sp³-hybridized carbons (Fsp3) is 0.429. The van der Waals surface area contributed by atoms with E-state index in [-0.39, 0.29) is 0 Å². The Kier molecular flexibility index (Phi) is 4.40. The Labute approximate surface area is 107 Å². The second kappa shape index (κ2) is 6.03. The van der Waals surface area contributed by atoms with Crippen molar-refractivity contribution in [3.8, 4) is 0 Å². The third kappa shape index (κ3) is 3.45. The molecule has 0 amide bonds. The van der Waals surface area contributed by atoms with Gasteiger partial charge in [-0.25, -0.2) is 0 Å². The lowest BCUT2D eigenvalue weighted by atomic mass is 10.0. The third-order valence-corrected chi connectivity index (χ3v) is 3.55. The van der Waals surface area contributed by atoms with Crippen molar-refractivity contribution < 1.29 is 4.42 Å². The van der Waals surface area contributed by atoms with Crippen molar-refractivity contribution >= 4 is 11.3 Å². The Bertz CT molecular complexity index is 433. The van der Waals surface area contributed by atoms with Crippen molar-refractivity contribution in [3.63, 3.8) is 0 Å². The second-order valence-corrected chi connectivity index (χ2v) is 5.11. The molecule has 2 aromatic rings. The van der Waals surface area contributed by atoms with Gasteiger partial charge in [-0.05, 0) is 54.8 Å². The summed E-state index contributed by atoms with van der Waals surface area (Å²) in [5.74, 6) is 0.980. The Balaban J connectivity index is 2.07. The van der Waals surface area contributed by atoms with E-state index in [1.807, 2.05) is 13.2 Å². The van der Waals surface area contributed by atoms with Crippen LogP contribution in [0.1, 0.15) is 36.3 Å². The number of thiophene rings is 1. The Morgan fingerprint density at radius 1 is 1.47 bits per heavy atom. The number of hydrogen-bond donors (Lipinski definition) is 1. The molecular weight excluding hydrogens is 230 g/mol. The van der Waals surface area contributed by atoms with Crippen molar-refractivity contribution in [1.82, 2.24) is 5.32 Å². The lowest BCUT2D eigenvalue weighted by molar-refractivity contribution is 0.504. The summed E-state index contributed by atoms with van der Waals surface area (Å²) in [5, 5.41) is 7.93. The molecule has 0 bridgehead atoms. The highest BCUT2D eigenvalue weighted by molar-refractivity contribution is 7.07. The topological polar surface area (TPSA) is 25.2 Å². The van der Waals surface area contributed by atoms with Gasteiger partial charge in [0.05, 0.1) is 6.26 Å². The molecule has 0 aliphatic rings. The molecular formula is C14H19NOS. The average molecular weight is 249 g/mol. The molecule has 1 unspecified atom stereocenters. The molecule has 1 atom stereocenters. The monoisotopic (exact) mass is 249 g/mol. The van der Waals surface area contributed by atoms with Crippen LogP contribution in [0.15, 0.2) is 33.6 Å². The van der Waals surface area contributed by atoms with E-state index in [1.165, 1.54) is 11.1 Å². The van der Waals surface area contributed by atoms with Crippen LogP contribution in [0.4, 0.5) is 0 Å². The smallest absolute Gasteiger partial charge is 0.101 e. The standard InChI is InChI=1S/C14H19NOS/c1-3-5-15-14(8-12-4-6-17-10-12)13-7-11(2)16-9-13/h4,6-7,9-10,14-15H,3,5,8H2,1-2H3. The maximum absolute atomic E-state index is 5.41. The van der Waals surface area contributed by atoms with E-state index in [0.717, 1.165) is 25.1 Å². The predicted molar refractivity (Wildman–Crippen MR) is 72.5 cm³/mol. The highest BCUT2D eigenvalue weighted by Gasteiger charge is 2.13. The molecule has 0 aromatic carbocycles. The molecule has 2 heterocycles. The van der Waals surface area contributed by atoms with Gasteiger partial charge in [-0.1, -0.05) is 6.92 Å². The summed E-state index contributed by atoms with van der Waals surface area (Å²) in [4.78, 5) is 0. The van der Waals surface area contributed by atoms with Gasteiger partial charge < -0.3 is 9.73 Å². The molecule has 3 heteroatoms. The van der Waals surface area contributed by atoms with E-state index in [0.29, 0.717) is 6.04 Å². The summed E-state index contributed by atoms with van der Waals surface area (Å²) in [6.07, 6.45) is 4.05. The molecule has 0 radical (unpaired) electrons. The minimum atomic E-state index is 0.363. The summed E-state index contributed by atoms with van der Waals surface area (Å²) in [5.41, 5.74) is 2.64. The number of rotatable bonds is 6. The van der Waals surface area contributed by atoms with E-state index >= 15 is 0 Å². The van der Waals surface area contributed by atoms with Crippen LogP contribution < -0.4 is 5.32 Å². The Morgan fingerprint density at radius 3 is 2.94 bits per heavy atom. The zero-order valence-electron chi connectivity index (χ0n) is 10.4. The van der Waals surface area contributed by atoms with Crippen molar-refractivity contribution in [2.75, 3.05) is 6.54 Å². The fourth-order valence-electron chi connectivity index (χ4n) is 1.92. The van der Waals surface area contributed by atoms with E-state index < -0.39 is 0 Å². The SMILES string of the molecule is CCCNC(Cc1ccsc1)c1coc(C)c1. The molecule has 2 nitrogen and oxygen atoms in total. The fourth-order valence-corrected chi connectivity index (χ4v) is 2.60. The zero-order chi connectivity index (χ0) is 12.1. The first-order valence-corrected chi connectivity index (χ1v) is 7.03. The van der Waals surface area contributed by atoms with Gasteiger partial charge in [-0.2, -0.15) is 11.3 Å². The van der Waals surface area contributed by atoms with Crippen molar-refractivity contribution in [2.45, 2.75) is 32.7 Å². The first-order valence-electron chi connectivity index (χ1n) is 6.09. The van der Waals surface area contributed by atoms with Crippen molar-refractivity contribution in [2.24, 2.45) is 0 Å². The van der Waals surface area contributed by atoms with Gasteiger partial charge in [-0.3, -0.25) is 0 Å². The lowest BCUT2D eigenvalue weighted by Crippen LogP contribution is -2.23. The van der Waals surface area contributed by atoms with Crippen LogP contribution in [0.3, 0.4) is 0 Å². The van der Waals surface area contributed by atoms with E-state index in [4.69, 9.17) is 4.42 Å². The van der Waals surface area contributed by atoms with Crippen molar-refractivity contribution in [1.29, 1.82) is 0 Å². The number of furan rings is 1. The molecule has 0 saturated carbocycles. The third-order valence-electron chi connectivity index (χ3n) is 2.81. The van der Waals surface area contributed by atoms with Crippen LogP contribution in [0.2, 0.25) is 0 Å². The van der Waals surface area contributed by atoms with E-state index in [1.54, 1.807) is 11.3 Å². The Hall–Kier alpha value is -1.06. The van der Waals surface area contributed by atoms with Crippen LogP contribution >= 0.6 is 11.3 Å². The van der Waals surface area contributed by atoms with Gasteiger partial charge in [0.25, 0.3) is 0 Å². The molecule has 0 fully saturated rings. The van der Waals surface area contributed by atoms with Crippen LogP contribution in [0.25, 0.3) is 0 Å². The zero-order valence-corrected chi connectivity index (χ0v) is 11.2. The minimum Gasteiger partial charge on any atom is -0.469 e. The molecule has 92 valence electrons. The van der Waals surface area contributed by atoms with Gasteiger partial charge in [0, 0.05) is 11.6 Å². The van der Waals surface area contributed by atoms with Crippen LogP contribution in [-0.2, 0) is 6.42 Å². The molecule has 2 aromatic heterocycles. The van der Waals surface area contributed by atoms with Crippen LogP contribution in [0.5, 0.6) is 0 Å². The van der Waals surface area contributed by atoms with E-state index in [2.05, 4.69) is 35.1 Å². The summed E-state index contributed by atoms with van der Waals surface area (Å²) in [6, 6.07) is 4.68. The van der Waals surface area contributed by atoms with Gasteiger partial charge in [0.15, 0.2) is 0 Å². The molecule has 1 N–H and O–H groups in total. The van der Waals surface area contributed by atoms with Gasteiger partial charge in [0.1, 0.15) is 5.76 Å². The van der Waals surface area contributed by atoms with Gasteiger partial charge in [0.2, 0.25) is 0 Å². The highest BCUT2D eigenvalue weighted by atomic mass is 32.1. The normalized spacial score (nSPS) is 12.8. The minimum absolute atomic E-state index is 0.363. The average Bonchev–Trinajstić information content (AvgIpc) is 2.95. The summed E-state index contributed by atoms with van der Waals surface area (Å²) < 4.78 is 5.41. The highest BCUT2D eigenvalue weighted by Crippen LogP contribution is 2.21. The molecule has 2 rings (SSSR count). The predicted octanol–water partition coefficient (Wildman–Crippen LogP) is 3.93. The summed E-state index contributed by atoms with van der Waals surface area (Å²) >= 11 is 1.75. The van der Waals surface area contributed by atoms with Crippen LogP contribution in [-0.4, -0.2) is 6.54 Å². The summed E-state index contributed by atoms with van der Waals surface area (Å²) in [6.45, 7) is 5.22. The first kappa shape index (κ1) is 12.4. The second-order valence-electron chi connectivity index (χ2n) is 4.33. The first-order chi connectivity index (χ1) is 8.29. The maximum atomic E-state index is 5.41. The van der Waals surface area contributed by atoms with E-state index in [9.17, 15) is 0 Å². The molecule has 0 aliphatic carbocycles. The number of hydrogen-bond acceptors (Lipinski definition) is 3. The quantitative estimate of drug-likeness (QED) is 0.839. The van der Waals surface area contributed by atoms with Gasteiger partial charge in [-0.15, -0.1) is 0 Å². The molecule has 0 saturated heterocycles. The number of aryl methyl sites for hydroxylation is 1. The van der Waals surface area contributed by atoms with Gasteiger partial charge >= 0.3 is 0 Å². The number of nitrogens with one attached hydrogen (secondary N) is 1. The Morgan fingerprint density at radius 2 is 2.35 bits per heavy atom. The molecule has 17 heavy (non-hydrogen) atoms. The van der Waals surface area contributed by atoms with Crippen LogP contribution in [0, 0.1) is 6.92 Å². The molecule has 0 aliphatic heterocycles. The van der Waals surface area contributed by atoms with Crippen molar-refractivity contribution in [3.05, 3.63) is 46.0 Å². The summed E-state index contributed by atoms with van der Waals surface area (Å²) in [7, 11) is 0.